The largest absolute Gasteiger partial charge is 0.466 e. The molecule has 0 spiro atoms. The summed E-state index contributed by atoms with van der Waals surface area (Å²) < 4.78 is 57.6. The lowest BCUT2D eigenvalue weighted by Gasteiger charge is -2.50. The number of phosphoric acid groups is 1. The summed E-state index contributed by atoms with van der Waals surface area (Å²) in [7, 11) is 0.219. The van der Waals surface area contributed by atoms with Crippen molar-refractivity contribution in [3.8, 4) is 0 Å². The van der Waals surface area contributed by atoms with E-state index in [1.807, 2.05) is 20.8 Å². The number of nitrogens with zero attached hydrogens (tertiary/aromatic N) is 1. The topological polar surface area (TPSA) is 284 Å². The van der Waals surface area contributed by atoms with E-state index in [0.29, 0.717) is 12.7 Å². The number of cyclic esters (lactones) is 1. The van der Waals surface area contributed by atoms with Gasteiger partial charge in [0.05, 0.1) is 36.9 Å². The van der Waals surface area contributed by atoms with Crippen molar-refractivity contribution in [1.82, 2.24) is 4.90 Å². The van der Waals surface area contributed by atoms with E-state index in [1.165, 1.54) is 14.0 Å². The molecule has 3 aliphatic heterocycles. The zero-order valence-electron chi connectivity index (χ0n) is 38.3. The highest BCUT2D eigenvalue weighted by Crippen LogP contribution is 2.38. The molecule has 364 valence electrons. The zero-order valence-corrected chi connectivity index (χ0v) is 39.1. The number of methoxy groups -OCH3 is 1. The van der Waals surface area contributed by atoms with Crippen LogP contribution in [0.5, 0.6) is 0 Å². The Bertz CT molecular complexity index is 1550. The van der Waals surface area contributed by atoms with Crippen molar-refractivity contribution in [2.45, 2.75) is 179 Å². The summed E-state index contributed by atoms with van der Waals surface area (Å²) in [6.45, 7) is 13.6. The minimum atomic E-state index is -4.64. The van der Waals surface area contributed by atoms with E-state index in [2.05, 4.69) is 0 Å². The van der Waals surface area contributed by atoms with Gasteiger partial charge < -0.3 is 77.6 Å². The van der Waals surface area contributed by atoms with Gasteiger partial charge in [-0.25, -0.2) is 4.57 Å². The van der Waals surface area contributed by atoms with Crippen LogP contribution in [-0.2, 0) is 61.6 Å². The molecular formula is C42H72NO19P. The summed E-state index contributed by atoms with van der Waals surface area (Å²) in [6, 6.07) is -0.786. The smallest absolute Gasteiger partial charge is 0.462 e. The Balaban J connectivity index is 0.00000257. The fourth-order valence-corrected chi connectivity index (χ4v) is 8.06. The third kappa shape index (κ3) is 18.6. The van der Waals surface area contributed by atoms with Gasteiger partial charge in [-0.3, -0.25) is 14.4 Å². The number of aliphatic hydroxyl groups excluding tert-OH is 3. The predicted octanol–water partition coefficient (Wildman–Crippen LogP) is 2.08. The maximum absolute atomic E-state index is 13.3. The molecule has 0 aromatic carbocycles. The van der Waals surface area contributed by atoms with E-state index in [1.54, 1.807) is 71.0 Å². The highest BCUT2D eigenvalue weighted by Gasteiger charge is 2.53. The number of carbonyl (C=O) groups is 4. The van der Waals surface area contributed by atoms with Gasteiger partial charge in [-0.2, -0.15) is 0 Å². The maximum atomic E-state index is 13.3. The van der Waals surface area contributed by atoms with E-state index in [9.17, 15) is 34.5 Å². The number of hydrogen-bond donors (Lipinski definition) is 6. The first-order valence-electron chi connectivity index (χ1n) is 21.2. The van der Waals surface area contributed by atoms with Gasteiger partial charge in [0, 0.05) is 39.7 Å². The van der Waals surface area contributed by atoms with Crippen LogP contribution in [0, 0.1) is 17.8 Å². The van der Waals surface area contributed by atoms with Crippen molar-refractivity contribution in [3.05, 3.63) is 24.3 Å². The molecule has 21 heteroatoms. The monoisotopic (exact) mass is 925 g/mol. The standard InChI is InChI=1S/C42H69NO15.H3O4P/c1-23(2)19-33(48)58-42(8)22-34(53-27(6)40(42)50)56-37-26(5)54-41(36(49)35(37)43(9)10)57-38-29(17-18-44)20-24(3)30(46)16-14-12-13-15-25(4)52-32(47)21-31(39(38)51-11)55-28(7)45;1-5(2,3)4/h12-14,16,18,23-27,29-31,34-41,46,49-50H,15,17,19-22H2,1-11H3;(H3,1,2,3,4)/b13-12+,16-14+;/t24-,25-,26-,27+,29+,30+,31-,34+,35-,36-,37-,38+,39+,40+,41?,42-;/m1./s1. The quantitative estimate of drug-likeness (QED) is 0.0707. The van der Waals surface area contributed by atoms with Crippen LogP contribution in [-0.4, -0.2) is 166 Å². The molecule has 0 radical (unpaired) electrons. The van der Waals surface area contributed by atoms with Gasteiger partial charge in [0.2, 0.25) is 0 Å². The lowest BCUT2D eigenvalue weighted by Crippen LogP contribution is -2.66. The second kappa shape index (κ2) is 25.9. The summed E-state index contributed by atoms with van der Waals surface area (Å²) in [5.41, 5.74) is -1.32. The number of esters is 3. The Morgan fingerprint density at radius 1 is 1.00 bits per heavy atom. The van der Waals surface area contributed by atoms with E-state index < -0.39 is 129 Å². The molecule has 3 heterocycles. The molecule has 16 atom stereocenters. The summed E-state index contributed by atoms with van der Waals surface area (Å²) in [5.74, 6) is -2.86. The third-order valence-electron chi connectivity index (χ3n) is 11.0. The predicted molar refractivity (Wildman–Crippen MR) is 224 cm³/mol. The molecule has 0 aromatic heterocycles. The third-order valence-corrected chi connectivity index (χ3v) is 11.0. The summed E-state index contributed by atoms with van der Waals surface area (Å²) in [5, 5.41) is 34.2. The van der Waals surface area contributed by atoms with Gasteiger partial charge in [-0.1, -0.05) is 45.1 Å². The van der Waals surface area contributed by atoms with Crippen molar-refractivity contribution in [1.29, 1.82) is 0 Å². The first-order chi connectivity index (χ1) is 29.2. The number of likely N-dealkylation sites (N-methyl/N-ethyl adjacent to an activating group) is 1. The van der Waals surface area contributed by atoms with Crippen molar-refractivity contribution in [3.63, 3.8) is 0 Å². The van der Waals surface area contributed by atoms with E-state index in [0.717, 1.165) is 0 Å². The number of aldehydes is 1. The first kappa shape index (κ1) is 56.4. The van der Waals surface area contributed by atoms with Crippen LogP contribution >= 0.6 is 7.82 Å². The highest BCUT2D eigenvalue weighted by atomic mass is 31.2. The molecule has 0 amide bonds. The van der Waals surface area contributed by atoms with Crippen molar-refractivity contribution in [2.24, 2.45) is 17.8 Å². The number of carbonyl (C=O) groups excluding carboxylic acids is 4. The van der Waals surface area contributed by atoms with Gasteiger partial charge in [0.1, 0.15) is 48.5 Å². The van der Waals surface area contributed by atoms with Crippen molar-refractivity contribution in [2.75, 3.05) is 21.2 Å². The number of aliphatic hydroxyl groups is 3. The zero-order chi connectivity index (χ0) is 48.0. The molecule has 0 aliphatic carbocycles. The Labute approximate surface area is 370 Å². The van der Waals surface area contributed by atoms with E-state index in [-0.39, 0.29) is 31.6 Å². The average Bonchev–Trinajstić information content (AvgIpc) is 3.13. The van der Waals surface area contributed by atoms with Gasteiger partial charge >= 0.3 is 25.7 Å². The fraction of sp³-hybridized carbons (Fsp3) is 0.810. The minimum Gasteiger partial charge on any atom is -0.462 e. The number of allylic oxidation sites excluding steroid dienone is 2. The van der Waals surface area contributed by atoms with Crippen LogP contribution in [0.3, 0.4) is 0 Å². The summed E-state index contributed by atoms with van der Waals surface area (Å²) in [4.78, 5) is 74.1. The molecule has 63 heavy (non-hydrogen) atoms. The Morgan fingerprint density at radius 3 is 2.19 bits per heavy atom. The second-order valence-corrected chi connectivity index (χ2v) is 18.5. The molecule has 2 fully saturated rings. The summed E-state index contributed by atoms with van der Waals surface area (Å²) >= 11 is 0. The fourth-order valence-electron chi connectivity index (χ4n) is 8.06. The van der Waals surface area contributed by atoms with Gasteiger partial charge in [-0.15, -0.1) is 0 Å². The number of hydrogen-bond acceptors (Lipinski definition) is 17. The van der Waals surface area contributed by atoms with Crippen LogP contribution in [0.2, 0.25) is 0 Å². The molecule has 1 unspecified atom stereocenters. The van der Waals surface area contributed by atoms with E-state index in [4.69, 9.17) is 57.1 Å². The van der Waals surface area contributed by atoms with Crippen molar-refractivity contribution >= 4 is 32.0 Å². The van der Waals surface area contributed by atoms with Gasteiger partial charge in [0.15, 0.2) is 12.6 Å². The SMILES string of the molecule is CO[C@@H]1[C@@H](OC2O[C@H](C)[C@@H](O[C@H]3C[C@@](C)(OC(=O)CC(C)C)[C@@H](O)[C@H](C)O3)[C@H](N(C)C)[C@H]2O)[C@@H](CC=O)C[C@@H](C)[C@@H](O)/C=C/C=C/C[C@@H](C)OC(=O)C[C@H]1OC(C)=O.O=P(O)(O)O. The molecule has 20 nitrogen and oxygen atoms in total. The lowest BCUT2D eigenvalue weighted by atomic mass is 9.82. The van der Waals surface area contributed by atoms with Crippen LogP contribution in [0.4, 0.5) is 0 Å². The molecule has 0 aromatic rings. The molecule has 2 saturated heterocycles. The Kier molecular flexibility index (Phi) is 23.2. The second-order valence-electron chi connectivity index (χ2n) is 17.4. The van der Waals surface area contributed by atoms with E-state index >= 15 is 0 Å². The minimum absolute atomic E-state index is 0.000956. The maximum Gasteiger partial charge on any atom is 0.466 e. The highest BCUT2D eigenvalue weighted by molar-refractivity contribution is 7.45. The molecule has 0 saturated carbocycles. The van der Waals surface area contributed by atoms with Crippen LogP contribution in [0.25, 0.3) is 0 Å². The molecule has 0 bridgehead atoms. The Hall–Kier alpha value is -2.69. The summed E-state index contributed by atoms with van der Waals surface area (Å²) in [6.07, 6.45) is -4.33. The average molecular weight is 926 g/mol. The normalized spacial score (nSPS) is 38.4. The number of ether oxygens (including phenoxy) is 8. The van der Waals surface area contributed by atoms with Crippen LogP contribution < -0.4 is 0 Å². The molecule has 3 rings (SSSR count). The first-order valence-corrected chi connectivity index (χ1v) is 22.8. The lowest BCUT2D eigenvalue weighted by molar-refractivity contribution is -0.344. The van der Waals surface area contributed by atoms with Gasteiger partial charge in [0.25, 0.3) is 0 Å². The molecular weight excluding hydrogens is 853 g/mol. The number of rotatable bonds is 12. The van der Waals surface area contributed by atoms with Crippen molar-refractivity contribution < 1.29 is 91.6 Å². The van der Waals surface area contributed by atoms with Crippen LogP contribution in [0.15, 0.2) is 24.3 Å². The Morgan fingerprint density at radius 2 is 1.63 bits per heavy atom. The molecule has 6 N–H and O–H groups in total. The molecule has 3 aliphatic rings. The van der Waals surface area contributed by atoms with Crippen LogP contribution in [0.1, 0.15) is 93.9 Å². The van der Waals surface area contributed by atoms with Gasteiger partial charge in [-0.05, 0) is 66.0 Å².